The van der Waals surface area contributed by atoms with Crippen molar-refractivity contribution in [1.29, 1.82) is 0 Å². The predicted octanol–water partition coefficient (Wildman–Crippen LogP) is 5.14. The van der Waals surface area contributed by atoms with E-state index in [0.717, 1.165) is 15.6 Å². The molecule has 0 aliphatic carbocycles. The van der Waals surface area contributed by atoms with Gasteiger partial charge in [0, 0.05) is 5.02 Å². The van der Waals surface area contributed by atoms with Crippen LogP contribution in [0.4, 0.5) is 5.69 Å². The number of halogens is 2. The first-order valence-corrected chi connectivity index (χ1v) is 8.70. The average molecular weight is 413 g/mol. The molecule has 0 aliphatic heterocycles. The Morgan fingerprint density at radius 2 is 1.92 bits per heavy atom. The molecule has 0 heterocycles. The van der Waals surface area contributed by atoms with Gasteiger partial charge in [0.15, 0.2) is 6.61 Å². The SMILES string of the molecule is CCOc1ccccc1NC(=O)COc1cc(C)c(Cl)c(C)c1Br. The molecule has 4 nitrogen and oxygen atoms in total. The van der Waals surface area contributed by atoms with Gasteiger partial charge < -0.3 is 14.8 Å². The van der Waals surface area contributed by atoms with E-state index in [9.17, 15) is 4.79 Å². The van der Waals surface area contributed by atoms with E-state index in [1.165, 1.54) is 0 Å². The predicted molar refractivity (Wildman–Crippen MR) is 100 cm³/mol. The molecule has 0 saturated heterocycles. The van der Waals surface area contributed by atoms with E-state index in [1.807, 2.05) is 39.0 Å². The van der Waals surface area contributed by atoms with E-state index in [0.29, 0.717) is 28.8 Å². The Hall–Kier alpha value is -1.72. The number of carbonyl (C=O) groups excluding carboxylic acids is 1. The molecule has 0 saturated carbocycles. The lowest BCUT2D eigenvalue weighted by Gasteiger charge is -2.14. The summed E-state index contributed by atoms with van der Waals surface area (Å²) in [6.45, 7) is 6.10. The monoisotopic (exact) mass is 411 g/mol. The summed E-state index contributed by atoms with van der Waals surface area (Å²) in [5, 5.41) is 3.48. The molecular weight excluding hydrogens is 394 g/mol. The second kappa shape index (κ2) is 8.40. The molecule has 2 aromatic rings. The topological polar surface area (TPSA) is 47.6 Å². The van der Waals surface area contributed by atoms with Crippen molar-refractivity contribution in [2.75, 3.05) is 18.5 Å². The van der Waals surface area contributed by atoms with Crippen LogP contribution in [-0.2, 0) is 4.79 Å². The van der Waals surface area contributed by atoms with Crippen molar-refractivity contribution in [2.45, 2.75) is 20.8 Å². The van der Waals surface area contributed by atoms with Crippen molar-refractivity contribution >= 4 is 39.1 Å². The minimum atomic E-state index is -0.265. The summed E-state index contributed by atoms with van der Waals surface area (Å²) in [6.07, 6.45) is 0. The van der Waals surface area contributed by atoms with Gasteiger partial charge >= 0.3 is 0 Å². The van der Waals surface area contributed by atoms with Gasteiger partial charge in [-0.3, -0.25) is 4.79 Å². The van der Waals surface area contributed by atoms with Crippen molar-refractivity contribution in [3.8, 4) is 11.5 Å². The number of para-hydroxylation sites is 2. The van der Waals surface area contributed by atoms with Crippen molar-refractivity contribution in [3.63, 3.8) is 0 Å². The van der Waals surface area contributed by atoms with Gasteiger partial charge in [-0.2, -0.15) is 0 Å². The van der Waals surface area contributed by atoms with Crippen molar-refractivity contribution in [2.24, 2.45) is 0 Å². The molecule has 0 fully saturated rings. The molecule has 0 spiro atoms. The summed E-state index contributed by atoms with van der Waals surface area (Å²) in [7, 11) is 0. The van der Waals surface area contributed by atoms with Gasteiger partial charge in [-0.15, -0.1) is 0 Å². The first kappa shape index (κ1) is 18.6. The maximum Gasteiger partial charge on any atom is 0.262 e. The van der Waals surface area contributed by atoms with E-state index < -0.39 is 0 Å². The number of hydrogen-bond acceptors (Lipinski definition) is 3. The van der Waals surface area contributed by atoms with Crippen LogP contribution in [-0.4, -0.2) is 19.1 Å². The third-order valence-electron chi connectivity index (χ3n) is 3.39. The number of ether oxygens (including phenoxy) is 2. The molecule has 0 radical (unpaired) electrons. The normalized spacial score (nSPS) is 10.4. The van der Waals surface area contributed by atoms with Crippen LogP contribution in [0.3, 0.4) is 0 Å². The number of aryl methyl sites for hydroxylation is 1. The highest BCUT2D eigenvalue weighted by atomic mass is 79.9. The highest BCUT2D eigenvalue weighted by molar-refractivity contribution is 9.10. The highest BCUT2D eigenvalue weighted by Gasteiger charge is 2.13. The van der Waals surface area contributed by atoms with E-state index in [4.69, 9.17) is 21.1 Å². The highest BCUT2D eigenvalue weighted by Crippen LogP contribution is 2.35. The Kier molecular flexibility index (Phi) is 6.52. The Bertz CT molecular complexity index is 749. The number of amides is 1. The van der Waals surface area contributed by atoms with E-state index >= 15 is 0 Å². The van der Waals surface area contributed by atoms with Crippen LogP contribution in [0.15, 0.2) is 34.8 Å². The Morgan fingerprint density at radius 1 is 1.21 bits per heavy atom. The molecule has 0 bridgehead atoms. The summed E-state index contributed by atoms with van der Waals surface area (Å²) in [4.78, 5) is 12.2. The average Bonchev–Trinajstić information content (AvgIpc) is 2.57. The summed E-state index contributed by atoms with van der Waals surface area (Å²) < 4.78 is 11.9. The number of anilines is 1. The van der Waals surface area contributed by atoms with Gasteiger partial charge in [0.05, 0.1) is 16.8 Å². The molecule has 24 heavy (non-hydrogen) atoms. The summed E-state index contributed by atoms with van der Waals surface area (Å²) in [6, 6.07) is 9.09. The fourth-order valence-electron chi connectivity index (χ4n) is 2.19. The minimum absolute atomic E-state index is 0.112. The quantitative estimate of drug-likeness (QED) is 0.715. The van der Waals surface area contributed by atoms with Crippen LogP contribution in [0.2, 0.25) is 5.02 Å². The van der Waals surface area contributed by atoms with Crippen molar-refractivity contribution in [1.82, 2.24) is 0 Å². The molecule has 0 aromatic heterocycles. The van der Waals surface area contributed by atoms with Crippen LogP contribution in [0.1, 0.15) is 18.1 Å². The van der Waals surface area contributed by atoms with E-state index in [2.05, 4.69) is 21.2 Å². The first-order valence-electron chi connectivity index (χ1n) is 7.53. The molecule has 0 unspecified atom stereocenters. The molecular formula is C18H19BrClNO3. The van der Waals surface area contributed by atoms with Crippen LogP contribution in [0.5, 0.6) is 11.5 Å². The standard InChI is InChI=1S/C18H19BrClNO3/c1-4-23-14-8-6-5-7-13(14)21-16(22)10-24-15-9-11(2)18(20)12(3)17(15)19/h5-9H,4,10H2,1-3H3,(H,21,22). The van der Waals surface area contributed by atoms with Gasteiger partial charge in [-0.05, 0) is 66.0 Å². The van der Waals surface area contributed by atoms with Crippen LogP contribution >= 0.6 is 27.5 Å². The minimum Gasteiger partial charge on any atom is -0.492 e. The zero-order chi connectivity index (χ0) is 17.7. The number of benzene rings is 2. The summed E-state index contributed by atoms with van der Waals surface area (Å²) >= 11 is 9.65. The van der Waals surface area contributed by atoms with Crippen LogP contribution < -0.4 is 14.8 Å². The number of hydrogen-bond donors (Lipinski definition) is 1. The number of rotatable bonds is 6. The number of nitrogens with one attached hydrogen (secondary N) is 1. The molecule has 0 aliphatic rings. The number of carbonyl (C=O) groups is 1. The summed E-state index contributed by atoms with van der Waals surface area (Å²) in [5.74, 6) is 0.953. The molecule has 0 atom stereocenters. The fraction of sp³-hybridized carbons (Fsp3) is 0.278. The fourth-order valence-corrected chi connectivity index (χ4v) is 2.88. The van der Waals surface area contributed by atoms with Gasteiger partial charge in [0.1, 0.15) is 11.5 Å². The Labute approximate surface area is 155 Å². The lowest BCUT2D eigenvalue weighted by atomic mass is 10.1. The summed E-state index contributed by atoms with van der Waals surface area (Å²) in [5.41, 5.74) is 2.40. The molecule has 2 rings (SSSR count). The zero-order valence-corrected chi connectivity index (χ0v) is 16.1. The third kappa shape index (κ3) is 4.42. The molecule has 1 amide bonds. The first-order chi connectivity index (χ1) is 11.4. The van der Waals surface area contributed by atoms with Gasteiger partial charge in [0.2, 0.25) is 0 Å². The molecule has 6 heteroatoms. The van der Waals surface area contributed by atoms with Crippen molar-refractivity contribution in [3.05, 3.63) is 51.0 Å². The third-order valence-corrected chi connectivity index (χ3v) is 4.96. The van der Waals surface area contributed by atoms with Crippen LogP contribution in [0.25, 0.3) is 0 Å². The lowest BCUT2D eigenvalue weighted by Crippen LogP contribution is -2.20. The van der Waals surface area contributed by atoms with Crippen molar-refractivity contribution < 1.29 is 14.3 Å². The smallest absolute Gasteiger partial charge is 0.262 e. The largest absolute Gasteiger partial charge is 0.492 e. The molecule has 2 aromatic carbocycles. The van der Waals surface area contributed by atoms with Gasteiger partial charge in [0.25, 0.3) is 5.91 Å². The second-order valence-electron chi connectivity index (χ2n) is 5.21. The molecule has 1 N–H and O–H groups in total. The lowest BCUT2D eigenvalue weighted by molar-refractivity contribution is -0.118. The van der Waals surface area contributed by atoms with Crippen LogP contribution in [0, 0.1) is 13.8 Å². The maximum atomic E-state index is 12.2. The second-order valence-corrected chi connectivity index (χ2v) is 6.38. The zero-order valence-electron chi connectivity index (χ0n) is 13.8. The molecule has 128 valence electrons. The van der Waals surface area contributed by atoms with E-state index in [-0.39, 0.29) is 12.5 Å². The van der Waals surface area contributed by atoms with Gasteiger partial charge in [-0.1, -0.05) is 23.7 Å². The van der Waals surface area contributed by atoms with E-state index in [1.54, 1.807) is 12.1 Å². The Morgan fingerprint density at radius 3 is 2.62 bits per heavy atom. The maximum absolute atomic E-state index is 12.2. The van der Waals surface area contributed by atoms with Gasteiger partial charge in [-0.25, -0.2) is 0 Å². The Balaban J connectivity index is 2.05.